The van der Waals surface area contributed by atoms with E-state index in [0.29, 0.717) is 0 Å². The van der Waals surface area contributed by atoms with Gasteiger partial charge in [-0.25, -0.2) is 4.98 Å². The first-order valence-corrected chi connectivity index (χ1v) is 5.90. The van der Waals surface area contributed by atoms with Gasteiger partial charge < -0.3 is 0 Å². The Morgan fingerprint density at radius 1 is 1.31 bits per heavy atom. The summed E-state index contributed by atoms with van der Waals surface area (Å²) in [7, 11) is 0. The fraction of sp³-hybridized carbons (Fsp3) is 0.800. The van der Waals surface area contributed by atoms with Crippen LogP contribution < -0.4 is 0 Å². The van der Waals surface area contributed by atoms with Crippen molar-refractivity contribution in [3.8, 4) is 0 Å². The highest BCUT2D eigenvalue weighted by atomic mass is 32.1. The summed E-state index contributed by atoms with van der Waals surface area (Å²) in [6.45, 7) is 1.99. The lowest BCUT2D eigenvalue weighted by Crippen LogP contribution is -2.07. The second-order valence-corrected chi connectivity index (χ2v) is 5.24. The predicted octanol–water partition coefficient (Wildman–Crippen LogP) is 2.75. The van der Waals surface area contributed by atoms with E-state index in [1.54, 1.807) is 11.5 Å². The number of nitrogens with zero attached hydrogens (tertiary/aromatic N) is 2. The lowest BCUT2D eigenvalue weighted by atomic mass is 9.89. The summed E-state index contributed by atoms with van der Waals surface area (Å²) >= 11 is 1.63. The maximum absolute atomic E-state index is 4.52. The van der Waals surface area contributed by atoms with Gasteiger partial charge in [-0.05, 0) is 49.6 Å². The summed E-state index contributed by atoms with van der Waals surface area (Å²) in [5.41, 5.74) is 0. The molecule has 1 aromatic heterocycles. The number of fused-ring (bicyclic) bond motifs is 2. The SMILES string of the molecule is Cc1nsc(C2CC3CCC2C3)n1. The Labute approximate surface area is 82.6 Å². The van der Waals surface area contributed by atoms with Crippen molar-refractivity contribution in [3.63, 3.8) is 0 Å². The molecule has 3 heteroatoms. The molecule has 0 N–H and O–H groups in total. The number of aromatic nitrogens is 2. The smallest absolute Gasteiger partial charge is 0.139 e. The van der Waals surface area contributed by atoms with Crippen molar-refractivity contribution in [2.75, 3.05) is 0 Å². The van der Waals surface area contributed by atoms with Crippen molar-refractivity contribution < 1.29 is 0 Å². The number of aryl methyl sites for hydroxylation is 1. The molecule has 2 aliphatic carbocycles. The van der Waals surface area contributed by atoms with Crippen LogP contribution in [0, 0.1) is 18.8 Å². The molecule has 0 amide bonds. The molecule has 3 atom stereocenters. The van der Waals surface area contributed by atoms with Crippen molar-refractivity contribution in [2.24, 2.45) is 11.8 Å². The van der Waals surface area contributed by atoms with E-state index < -0.39 is 0 Å². The summed E-state index contributed by atoms with van der Waals surface area (Å²) < 4.78 is 4.28. The maximum Gasteiger partial charge on any atom is 0.139 e. The molecule has 0 spiro atoms. The molecular formula is C10H14N2S. The van der Waals surface area contributed by atoms with Crippen LogP contribution in [0.15, 0.2) is 0 Å². The van der Waals surface area contributed by atoms with E-state index in [9.17, 15) is 0 Å². The summed E-state index contributed by atoms with van der Waals surface area (Å²) in [6, 6.07) is 0. The average Bonchev–Trinajstić information content (AvgIpc) is 2.77. The van der Waals surface area contributed by atoms with E-state index in [2.05, 4.69) is 9.36 Å². The fourth-order valence-corrected chi connectivity index (χ4v) is 3.87. The summed E-state index contributed by atoms with van der Waals surface area (Å²) in [5.74, 6) is 3.68. The third-order valence-electron chi connectivity index (χ3n) is 3.60. The molecular weight excluding hydrogens is 180 g/mol. The van der Waals surface area contributed by atoms with Crippen LogP contribution in [0.2, 0.25) is 0 Å². The Morgan fingerprint density at radius 2 is 2.23 bits per heavy atom. The molecule has 0 aliphatic heterocycles. The molecule has 2 aliphatic rings. The summed E-state index contributed by atoms with van der Waals surface area (Å²) in [5, 5.41) is 1.31. The molecule has 2 saturated carbocycles. The van der Waals surface area contributed by atoms with Gasteiger partial charge in [0.25, 0.3) is 0 Å². The Balaban J connectivity index is 1.87. The quantitative estimate of drug-likeness (QED) is 0.687. The average molecular weight is 194 g/mol. The minimum Gasteiger partial charge on any atom is -0.225 e. The molecule has 70 valence electrons. The van der Waals surface area contributed by atoms with Crippen molar-refractivity contribution in [2.45, 2.75) is 38.5 Å². The first kappa shape index (κ1) is 7.92. The Bertz CT molecular complexity index is 320. The molecule has 2 fully saturated rings. The van der Waals surface area contributed by atoms with Gasteiger partial charge in [0.1, 0.15) is 10.8 Å². The monoisotopic (exact) mass is 194 g/mol. The van der Waals surface area contributed by atoms with Gasteiger partial charge in [0.05, 0.1) is 0 Å². The van der Waals surface area contributed by atoms with E-state index in [4.69, 9.17) is 0 Å². The summed E-state index contributed by atoms with van der Waals surface area (Å²) in [4.78, 5) is 4.52. The highest BCUT2D eigenvalue weighted by Gasteiger charge is 2.41. The van der Waals surface area contributed by atoms with Crippen molar-refractivity contribution in [3.05, 3.63) is 10.8 Å². The molecule has 0 aromatic carbocycles. The molecule has 13 heavy (non-hydrogen) atoms. The van der Waals surface area contributed by atoms with E-state index in [1.165, 1.54) is 30.7 Å². The zero-order valence-electron chi connectivity index (χ0n) is 7.86. The zero-order valence-corrected chi connectivity index (χ0v) is 8.68. The topological polar surface area (TPSA) is 25.8 Å². The largest absolute Gasteiger partial charge is 0.225 e. The third kappa shape index (κ3) is 1.21. The highest BCUT2D eigenvalue weighted by Crippen LogP contribution is 2.52. The lowest BCUT2D eigenvalue weighted by molar-refractivity contribution is 0.418. The normalized spacial score (nSPS) is 37.2. The minimum atomic E-state index is 0.768. The van der Waals surface area contributed by atoms with Gasteiger partial charge in [0.2, 0.25) is 0 Å². The molecule has 3 rings (SSSR count). The molecule has 2 bridgehead atoms. The highest BCUT2D eigenvalue weighted by molar-refractivity contribution is 7.05. The number of rotatable bonds is 1. The van der Waals surface area contributed by atoms with Crippen molar-refractivity contribution in [1.29, 1.82) is 0 Å². The van der Waals surface area contributed by atoms with Crippen LogP contribution in [0.1, 0.15) is 42.4 Å². The van der Waals surface area contributed by atoms with Crippen LogP contribution in [-0.2, 0) is 0 Å². The van der Waals surface area contributed by atoms with Crippen LogP contribution in [-0.4, -0.2) is 9.36 Å². The van der Waals surface area contributed by atoms with E-state index in [-0.39, 0.29) is 0 Å². The zero-order chi connectivity index (χ0) is 8.84. The standard InChI is InChI=1S/C10H14N2S/c1-6-11-10(13-12-6)9-5-7-2-3-8(9)4-7/h7-9H,2-5H2,1H3. The van der Waals surface area contributed by atoms with Crippen molar-refractivity contribution in [1.82, 2.24) is 9.36 Å². The van der Waals surface area contributed by atoms with Gasteiger partial charge in [-0.1, -0.05) is 6.42 Å². The van der Waals surface area contributed by atoms with E-state index in [0.717, 1.165) is 23.6 Å². The second kappa shape index (κ2) is 2.77. The molecule has 3 unspecified atom stereocenters. The van der Waals surface area contributed by atoms with E-state index >= 15 is 0 Å². The summed E-state index contributed by atoms with van der Waals surface area (Å²) in [6.07, 6.45) is 5.76. The van der Waals surface area contributed by atoms with Gasteiger partial charge in [-0.3, -0.25) is 0 Å². The number of hydrogen-bond acceptors (Lipinski definition) is 3. The Hall–Kier alpha value is -0.440. The second-order valence-electron chi connectivity index (χ2n) is 4.46. The fourth-order valence-electron chi connectivity index (χ4n) is 3.01. The molecule has 0 saturated heterocycles. The Morgan fingerprint density at radius 3 is 2.77 bits per heavy atom. The lowest BCUT2D eigenvalue weighted by Gasteiger charge is -2.18. The molecule has 2 nitrogen and oxygen atoms in total. The van der Waals surface area contributed by atoms with Gasteiger partial charge in [-0.2, -0.15) is 4.37 Å². The molecule has 1 aromatic rings. The van der Waals surface area contributed by atoms with Crippen molar-refractivity contribution >= 4 is 11.5 Å². The predicted molar refractivity (Wildman–Crippen MR) is 52.8 cm³/mol. The third-order valence-corrected chi connectivity index (χ3v) is 4.54. The minimum absolute atomic E-state index is 0.768. The van der Waals surface area contributed by atoms with Crippen LogP contribution in [0.5, 0.6) is 0 Å². The van der Waals surface area contributed by atoms with Gasteiger partial charge in [-0.15, -0.1) is 0 Å². The van der Waals surface area contributed by atoms with E-state index in [1.807, 2.05) is 6.92 Å². The Kier molecular flexibility index (Phi) is 1.69. The van der Waals surface area contributed by atoms with Crippen LogP contribution in [0.25, 0.3) is 0 Å². The first-order chi connectivity index (χ1) is 6.33. The number of hydrogen-bond donors (Lipinski definition) is 0. The van der Waals surface area contributed by atoms with Gasteiger partial charge >= 0.3 is 0 Å². The van der Waals surface area contributed by atoms with Crippen LogP contribution in [0.4, 0.5) is 0 Å². The molecule has 0 radical (unpaired) electrons. The van der Waals surface area contributed by atoms with Gasteiger partial charge in [0.15, 0.2) is 0 Å². The van der Waals surface area contributed by atoms with Crippen LogP contribution >= 0.6 is 11.5 Å². The molecule has 1 heterocycles. The first-order valence-electron chi connectivity index (χ1n) is 5.13. The van der Waals surface area contributed by atoms with Crippen LogP contribution in [0.3, 0.4) is 0 Å². The maximum atomic E-state index is 4.52. The van der Waals surface area contributed by atoms with Gasteiger partial charge in [0, 0.05) is 5.92 Å².